The van der Waals surface area contributed by atoms with E-state index in [9.17, 15) is 13.2 Å². The Balaban J connectivity index is 3.17. The molecular weight excluding hydrogens is 238 g/mol. The lowest BCUT2D eigenvalue weighted by Crippen LogP contribution is -2.11. The number of hydrogen-bond donors (Lipinski definition) is 3. The van der Waals surface area contributed by atoms with Crippen molar-refractivity contribution in [3.8, 4) is 5.75 Å². The minimum absolute atomic E-state index is 0.0688. The summed E-state index contributed by atoms with van der Waals surface area (Å²) < 4.78 is 36.0. The van der Waals surface area contributed by atoms with Gasteiger partial charge in [0.15, 0.2) is 0 Å². The third-order valence-electron chi connectivity index (χ3n) is 1.68. The number of carboxylic acids is 1. The molecule has 8 heteroatoms. The molecule has 0 saturated heterocycles. The molecule has 1 aromatic rings. The summed E-state index contributed by atoms with van der Waals surface area (Å²) in [5.41, 5.74) is -0.281. The van der Waals surface area contributed by atoms with Crippen LogP contribution in [0.4, 0.5) is 5.69 Å². The monoisotopic (exact) mass is 247 g/mol. The van der Waals surface area contributed by atoms with Gasteiger partial charge in [0.05, 0.1) is 12.8 Å². The first-order valence-electron chi connectivity index (χ1n) is 4.00. The molecular formula is C8H9NO6S. The maximum Gasteiger partial charge on any atom is 0.357 e. The van der Waals surface area contributed by atoms with Gasteiger partial charge in [-0.3, -0.25) is 9.27 Å². The minimum Gasteiger partial charge on any atom is -0.496 e. The van der Waals surface area contributed by atoms with E-state index in [-0.39, 0.29) is 17.0 Å². The topological polar surface area (TPSA) is 113 Å². The van der Waals surface area contributed by atoms with Crippen LogP contribution in [0.3, 0.4) is 0 Å². The van der Waals surface area contributed by atoms with E-state index in [1.54, 1.807) is 4.72 Å². The molecule has 0 heterocycles. The Morgan fingerprint density at radius 3 is 2.50 bits per heavy atom. The minimum atomic E-state index is -4.42. The van der Waals surface area contributed by atoms with Gasteiger partial charge >= 0.3 is 16.3 Å². The first kappa shape index (κ1) is 12.3. The molecule has 0 aliphatic carbocycles. The van der Waals surface area contributed by atoms with E-state index >= 15 is 0 Å². The van der Waals surface area contributed by atoms with Crippen molar-refractivity contribution in [3.63, 3.8) is 0 Å². The third kappa shape index (κ3) is 3.11. The van der Waals surface area contributed by atoms with Crippen molar-refractivity contribution < 1.29 is 27.6 Å². The SMILES string of the molecule is COc1ccc(NS(=O)(=O)O)cc1C(=O)O. The summed E-state index contributed by atoms with van der Waals surface area (Å²) in [5, 5.41) is 8.80. The van der Waals surface area contributed by atoms with Gasteiger partial charge in [0.25, 0.3) is 0 Å². The molecule has 0 unspecified atom stereocenters. The van der Waals surface area contributed by atoms with Crippen LogP contribution in [-0.4, -0.2) is 31.2 Å². The highest BCUT2D eigenvalue weighted by Gasteiger charge is 2.13. The number of methoxy groups -OCH3 is 1. The molecule has 0 bridgehead atoms. The molecule has 0 aliphatic heterocycles. The molecule has 0 saturated carbocycles. The Kier molecular flexibility index (Phi) is 3.35. The van der Waals surface area contributed by atoms with Crippen molar-refractivity contribution in [1.29, 1.82) is 0 Å². The van der Waals surface area contributed by atoms with E-state index < -0.39 is 16.3 Å². The Bertz CT molecular complexity index is 509. The molecule has 1 aromatic carbocycles. The van der Waals surface area contributed by atoms with Crippen LogP contribution in [0.1, 0.15) is 10.4 Å². The smallest absolute Gasteiger partial charge is 0.357 e. The van der Waals surface area contributed by atoms with Crippen LogP contribution in [0.25, 0.3) is 0 Å². The molecule has 0 atom stereocenters. The third-order valence-corrected chi connectivity index (χ3v) is 2.17. The van der Waals surface area contributed by atoms with Gasteiger partial charge in [0.2, 0.25) is 0 Å². The number of carbonyl (C=O) groups is 1. The maximum absolute atomic E-state index is 10.8. The van der Waals surface area contributed by atoms with Gasteiger partial charge in [-0.15, -0.1) is 0 Å². The second-order valence-corrected chi connectivity index (χ2v) is 3.95. The summed E-state index contributed by atoms with van der Waals surface area (Å²) in [6.45, 7) is 0. The lowest BCUT2D eigenvalue weighted by Gasteiger charge is -2.07. The van der Waals surface area contributed by atoms with Crippen LogP contribution in [0, 0.1) is 0 Å². The number of ether oxygens (including phenoxy) is 1. The first-order valence-corrected chi connectivity index (χ1v) is 5.44. The average molecular weight is 247 g/mol. The summed E-state index contributed by atoms with van der Waals surface area (Å²) in [6, 6.07) is 3.57. The van der Waals surface area contributed by atoms with Crippen molar-refractivity contribution in [1.82, 2.24) is 0 Å². The Morgan fingerprint density at radius 1 is 1.44 bits per heavy atom. The molecule has 1 rings (SSSR count). The van der Waals surface area contributed by atoms with Gasteiger partial charge in [0, 0.05) is 0 Å². The van der Waals surface area contributed by atoms with Gasteiger partial charge < -0.3 is 9.84 Å². The highest BCUT2D eigenvalue weighted by molar-refractivity contribution is 7.87. The fourth-order valence-corrected chi connectivity index (χ4v) is 1.51. The van der Waals surface area contributed by atoms with Crippen molar-refractivity contribution in [3.05, 3.63) is 23.8 Å². The lowest BCUT2D eigenvalue weighted by atomic mass is 10.2. The highest BCUT2D eigenvalue weighted by atomic mass is 32.2. The summed E-state index contributed by atoms with van der Waals surface area (Å²) in [5.74, 6) is -1.18. The van der Waals surface area contributed by atoms with Crippen LogP contribution < -0.4 is 9.46 Å². The number of anilines is 1. The van der Waals surface area contributed by atoms with Crippen LogP contribution in [-0.2, 0) is 10.3 Å². The number of hydrogen-bond acceptors (Lipinski definition) is 4. The van der Waals surface area contributed by atoms with Gasteiger partial charge in [-0.1, -0.05) is 0 Å². The zero-order valence-electron chi connectivity index (χ0n) is 8.17. The summed E-state index contributed by atoms with van der Waals surface area (Å²) >= 11 is 0. The zero-order chi connectivity index (χ0) is 12.3. The van der Waals surface area contributed by atoms with Gasteiger partial charge in [-0.2, -0.15) is 8.42 Å². The van der Waals surface area contributed by atoms with E-state index in [0.29, 0.717) is 0 Å². The van der Waals surface area contributed by atoms with Crippen molar-refractivity contribution in [2.45, 2.75) is 0 Å². The first-order chi connectivity index (χ1) is 7.33. The number of aromatic carboxylic acids is 1. The van der Waals surface area contributed by atoms with Gasteiger partial charge in [-0.25, -0.2) is 4.79 Å². The van der Waals surface area contributed by atoms with Crippen molar-refractivity contribution in [2.75, 3.05) is 11.8 Å². The molecule has 0 radical (unpaired) electrons. The van der Waals surface area contributed by atoms with E-state index in [4.69, 9.17) is 14.4 Å². The molecule has 0 aromatic heterocycles. The molecule has 16 heavy (non-hydrogen) atoms. The lowest BCUT2D eigenvalue weighted by molar-refractivity contribution is 0.0693. The fourth-order valence-electron chi connectivity index (χ4n) is 1.09. The summed E-state index contributed by atoms with van der Waals surface area (Å²) in [6.07, 6.45) is 0. The predicted molar refractivity (Wildman–Crippen MR) is 55.1 cm³/mol. The second kappa shape index (κ2) is 4.37. The molecule has 0 aliphatic rings. The van der Waals surface area contributed by atoms with E-state index in [0.717, 1.165) is 6.07 Å². The Labute approximate surface area is 91.5 Å². The maximum atomic E-state index is 10.8. The quantitative estimate of drug-likeness (QED) is 0.672. The Morgan fingerprint density at radius 2 is 2.06 bits per heavy atom. The van der Waals surface area contributed by atoms with Crippen LogP contribution in [0.2, 0.25) is 0 Å². The van der Waals surface area contributed by atoms with Crippen molar-refractivity contribution >= 4 is 22.0 Å². The predicted octanol–water partition coefficient (Wildman–Crippen LogP) is 0.608. The van der Waals surface area contributed by atoms with Gasteiger partial charge in [0.1, 0.15) is 11.3 Å². The Hall–Kier alpha value is -1.80. The molecule has 0 fully saturated rings. The normalized spacial score (nSPS) is 10.9. The van der Waals surface area contributed by atoms with E-state index in [1.165, 1.54) is 19.2 Å². The molecule has 7 nitrogen and oxygen atoms in total. The second-order valence-electron chi connectivity index (χ2n) is 2.80. The standard InChI is InChI=1S/C8H9NO6S/c1-15-7-3-2-5(9-16(12,13)14)4-6(7)8(10)11/h2-4,9H,1H3,(H,10,11)(H,12,13,14). The van der Waals surface area contributed by atoms with Crippen LogP contribution in [0.15, 0.2) is 18.2 Å². The number of rotatable bonds is 4. The number of benzene rings is 1. The molecule has 88 valence electrons. The van der Waals surface area contributed by atoms with E-state index in [1.807, 2.05) is 0 Å². The summed E-state index contributed by atoms with van der Waals surface area (Å²) in [7, 11) is -3.13. The van der Waals surface area contributed by atoms with Gasteiger partial charge in [-0.05, 0) is 18.2 Å². The zero-order valence-corrected chi connectivity index (χ0v) is 8.98. The average Bonchev–Trinajstić information content (AvgIpc) is 2.15. The highest BCUT2D eigenvalue weighted by Crippen LogP contribution is 2.22. The van der Waals surface area contributed by atoms with Crippen molar-refractivity contribution in [2.24, 2.45) is 0 Å². The number of nitrogens with one attached hydrogen (secondary N) is 1. The molecule has 0 amide bonds. The van der Waals surface area contributed by atoms with Crippen LogP contribution in [0.5, 0.6) is 5.75 Å². The fraction of sp³-hybridized carbons (Fsp3) is 0.125. The van der Waals surface area contributed by atoms with E-state index in [2.05, 4.69) is 0 Å². The molecule has 0 spiro atoms. The largest absolute Gasteiger partial charge is 0.496 e. The molecule has 3 N–H and O–H groups in total. The van der Waals surface area contributed by atoms with Crippen LogP contribution >= 0.6 is 0 Å². The summed E-state index contributed by atoms with van der Waals surface area (Å²) in [4.78, 5) is 10.8. The number of carboxylic acid groups (broad SMARTS) is 1.